The second-order valence-electron chi connectivity index (χ2n) is 4.02. The molecule has 0 aliphatic heterocycles. The molecule has 2 unspecified atom stereocenters. The summed E-state index contributed by atoms with van der Waals surface area (Å²) in [6.45, 7) is 6.26. The van der Waals surface area contributed by atoms with Crippen molar-refractivity contribution in [3.8, 4) is 0 Å². The highest BCUT2D eigenvalue weighted by molar-refractivity contribution is 7.99. The van der Waals surface area contributed by atoms with Gasteiger partial charge in [-0.2, -0.15) is 0 Å². The van der Waals surface area contributed by atoms with E-state index < -0.39 is 5.97 Å². The molecular weight excluding hydrogens is 240 g/mol. The van der Waals surface area contributed by atoms with Gasteiger partial charge in [-0.05, 0) is 12.8 Å². The number of hydrogen-bond acceptors (Lipinski definition) is 5. The van der Waals surface area contributed by atoms with Crippen LogP contribution in [0.15, 0.2) is 5.16 Å². The summed E-state index contributed by atoms with van der Waals surface area (Å²) in [5.74, 6) is -0.145. The van der Waals surface area contributed by atoms with E-state index >= 15 is 0 Å². The van der Waals surface area contributed by atoms with Gasteiger partial charge in [-0.15, -0.1) is 10.2 Å². The summed E-state index contributed by atoms with van der Waals surface area (Å²) in [7, 11) is 0. The van der Waals surface area contributed by atoms with E-state index in [-0.39, 0.29) is 11.8 Å². The Balaban J connectivity index is 2.89. The molecule has 96 valence electrons. The minimum Gasteiger partial charge on any atom is -0.481 e. The maximum atomic E-state index is 10.5. The van der Waals surface area contributed by atoms with E-state index in [4.69, 9.17) is 10.8 Å². The normalized spacial score (nSPS) is 14.5. The Hall–Kier alpha value is -1.24. The number of anilines is 1. The van der Waals surface area contributed by atoms with Gasteiger partial charge >= 0.3 is 5.97 Å². The molecule has 17 heavy (non-hydrogen) atoms. The van der Waals surface area contributed by atoms with E-state index in [9.17, 15) is 4.79 Å². The third-order valence-electron chi connectivity index (χ3n) is 2.89. The van der Waals surface area contributed by atoms with Crippen molar-refractivity contribution in [1.82, 2.24) is 14.8 Å². The summed E-state index contributed by atoms with van der Waals surface area (Å²) in [5.41, 5.74) is 5.77. The first-order valence-corrected chi connectivity index (χ1v) is 6.50. The highest BCUT2D eigenvalue weighted by atomic mass is 32.2. The minimum absolute atomic E-state index is 0.0363. The second kappa shape index (κ2) is 5.90. The molecule has 0 radical (unpaired) electrons. The molecule has 0 aromatic carbocycles. The van der Waals surface area contributed by atoms with Gasteiger partial charge in [-0.1, -0.05) is 32.0 Å². The molecule has 0 saturated heterocycles. The van der Waals surface area contributed by atoms with Crippen molar-refractivity contribution in [3.63, 3.8) is 0 Å². The zero-order chi connectivity index (χ0) is 13.0. The lowest BCUT2D eigenvalue weighted by Gasteiger charge is -2.21. The Morgan fingerprint density at radius 2 is 2.18 bits per heavy atom. The molecule has 1 aromatic rings. The van der Waals surface area contributed by atoms with E-state index in [1.54, 1.807) is 0 Å². The van der Waals surface area contributed by atoms with Crippen molar-refractivity contribution in [2.45, 2.75) is 38.4 Å². The van der Waals surface area contributed by atoms with Gasteiger partial charge in [-0.25, -0.2) is 0 Å². The van der Waals surface area contributed by atoms with Crippen LogP contribution in [0.4, 0.5) is 5.95 Å². The molecule has 0 amide bonds. The monoisotopic (exact) mass is 258 g/mol. The lowest BCUT2D eigenvalue weighted by molar-refractivity contribution is -0.133. The average molecular weight is 258 g/mol. The zero-order valence-electron chi connectivity index (χ0n) is 10.3. The average Bonchev–Trinajstić information content (AvgIpc) is 2.65. The van der Waals surface area contributed by atoms with Gasteiger partial charge in [0, 0.05) is 6.04 Å². The van der Waals surface area contributed by atoms with Gasteiger partial charge in [0.25, 0.3) is 0 Å². The summed E-state index contributed by atoms with van der Waals surface area (Å²) in [4.78, 5) is 10.5. The lowest BCUT2D eigenvalue weighted by atomic mass is 10.0. The molecule has 0 spiro atoms. The van der Waals surface area contributed by atoms with Gasteiger partial charge in [0.1, 0.15) is 0 Å². The topological polar surface area (TPSA) is 94.0 Å². The van der Waals surface area contributed by atoms with Crippen LogP contribution in [-0.2, 0) is 4.79 Å². The summed E-state index contributed by atoms with van der Waals surface area (Å²) >= 11 is 1.14. The first-order chi connectivity index (χ1) is 7.97. The highest BCUT2D eigenvalue weighted by Crippen LogP contribution is 2.28. The fourth-order valence-electron chi connectivity index (χ4n) is 1.49. The molecule has 0 aliphatic carbocycles. The Bertz CT molecular complexity index is 394. The lowest BCUT2D eigenvalue weighted by Crippen LogP contribution is -2.17. The quantitative estimate of drug-likeness (QED) is 0.753. The maximum Gasteiger partial charge on any atom is 0.313 e. The van der Waals surface area contributed by atoms with Crippen LogP contribution < -0.4 is 5.73 Å². The number of nitrogen functional groups attached to an aromatic ring is 1. The molecule has 0 bridgehead atoms. The van der Waals surface area contributed by atoms with E-state index in [2.05, 4.69) is 24.0 Å². The summed E-state index contributed by atoms with van der Waals surface area (Å²) in [6.07, 6.45) is 1.02. The standard InChI is InChI=1S/C10H18N4O2S/c1-4-6(2)7(3)14-9(11)12-13-10(14)17-5-8(15)16/h6-7H,4-5H2,1-3H3,(H2,11,12)(H,15,16). The molecule has 7 heteroatoms. The smallest absolute Gasteiger partial charge is 0.313 e. The van der Waals surface area contributed by atoms with Gasteiger partial charge in [0.05, 0.1) is 5.75 Å². The van der Waals surface area contributed by atoms with Gasteiger partial charge in [0.2, 0.25) is 5.95 Å². The molecule has 0 aliphatic rings. The van der Waals surface area contributed by atoms with Crippen molar-refractivity contribution in [1.29, 1.82) is 0 Å². The van der Waals surface area contributed by atoms with E-state index in [1.165, 1.54) is 0 Å². The third kappa shape index (κ3) is 3.36. The molecule has 1 rings (SSSR count). The number of aromatic nitrogens is 3. The Kier molecular flexibility index (Phi) is 4.80. The molecule has 3 N–H and O–H groups in total. The number of carboxylic acid groups (broad SMARTS) is 1. The Labute approximate surface area is 105 Å². The van der Waals surface area contributed by atoms with Gasteiger partial charge in [-0.3, -0.25) is 9.36 Å². The van der Waals surface area contributed by atoms with Crippen LogP contribution in [0.2, 0.25) is 0 Å². The first-order valence-electron chi connectivity index (χ1n) is 5.52. The largest absolute Gasteiger partial charge is 0.481 e. The number of carbonyl (C=O) groups is 1. The van der Waals surface area contributed by atoms with Crippen LogP contribution in [0, 0.1) is 5.92 Å². The predicted molar refractivity (Wildman–Crippen MR) is 67.0 cm³/mol. The number of thioether (sulfide) groups is 1. The van der Waals surface area contributed by atoms with Crippen LogP contribution in [0.5, 0.6) is 0 Å². The number of hydrogen-bond donors (Lipinski definition) is 2. The molecule has 1 aromatic heterocycles. The van der Waals surface area contributed by atoms with Gasteiger partial charge in [0.15, 0.2) is 5.16 Å². The molecular formula is C10H18N4O2S. The third-order valence-corrected chi connectivity index (χ3v) is 3.82. The maximum absolute atomic E-state index is 10.5. The predicted octanol–water partition coefficient (Wildman–Crippen LogP) is 1.64. The fourth-order valence-corrected chi connectivity index (χ4v) is 2.24. The first kappa shape index (κ1) is 13.8. The number of nitrogens with zero attached hydrogens (tertiary/aromatic N) is 3. The summed E-state index contributed by atoms with van der Waals surface area (Å²) in [5, 5.41) is 16.9. The zero-order valence-corrected chi connectivity index (χ0v) is 11.1. The molecule has 0 fully saturated rings. The van der Waals surface area contributed by atoms with E-state index in [0.717, 1.165) is 18.2 Å². The highest BCUT2D eigenvalue weighted by Gasteiger charge is 2.20. The molecule has 1 heterocycles. The number of carboxylic acids is 1. The van der Waals surface area contributed by atoms with Crippen LogP contribution >= 0.6 is 11.8 Å². The Morgan fingerprint density at radius 1 is 1.53 bits per heavy atom. The van der Waals surface area contributed by atoms with Crippen molar-refractivity contribution < 1.29 is 9.90 Å². The van der Waals surface area contributed by atoms with Crippen LogP contribution in [0.25, 0.3) is 0 Å². The molecule has 0 saturated carbocycles. The van der Waals surface area contributed by atoms with Crippen LogP contribution in [-0.4, -0.2) is 31.6 Å². The second-order valence-corrected chi connectivity index (χ2v) is 4.96. The minimum atomic E-state index is -0.876. The van der Waals surface area contributed by atoms with Crippen molar-refractivity contribution in [2.75, 3.05) is 11.5 Å². The number of rotatable bonds is 6. The summed E-state index contributed by atoms with van der Waals surface area (Å²) in [6, 6.07) is 0.159. The van der Waals surface area contributed by atoms with Crippen molar-refractivity contribution in [3.05, 3.63) is 0 Å². The van der Waals surface area contributed by atoms with Crippen molar-refractivity contribution in [2.24, 2.45) is 5.92 Å². The van der Waals surface area contributed by atoms with E-state index in [1.807, 2.05) is 11.5 Å². The Morgan fingerprint density at radius 3 is 2.71 bits per heavy atom. The number of nitrogens with two attached hydrogens (primary N) is 1. The van der Waals surface area contributed by atoms with Gasteiger partial charge < -0.3 is 10.8 Å². The summed E-state index contributed by atoms with van der Waals surface area (Å²) < 4.78 is 1.81. The fraction of sp³-hybridized carbons (Fsp3) is 0.700. The molecule has 6 nitrogen and oxygen atoms in total. The van der Waals surface area contributed by atoms with E-state index in [0.29, 0.717) is 17.0 Å². The SMILES string of the molecule is CCC(C)C(C)n1c(N)nnc1SCC(=O)O. The van der Waals surface area contributed by atoms with Crippen LogP contribution in [0.3, 0.4) is 0 Å². The molecule has 2 atom stereocenters. The van der Waals surface area contributed by atoms with Crippen molar-refractivity contribution >= 4 is 23.7 Å². The van der Waals surface area contributed by atoms with Crippen LogP contribution in [0.1, 0.15) is 33.2 Å². The number of aliphatic carboxylic acids is 1.